The Morgan fingerprint density at radius 2 is 1.77 bits per heavy atom. The van der Waals surface area contributed by atoms with E-state index in [1.54, 1.807) is 46.7 Å². The van der Waals surface area contributed by atoms with E-state index >= 15 is 0 Å². The first-order valence-electron chi connectivity index (χ1n) is 9.58. The molecule has 8 heteroatoms. The summed E-state index contributed by atoms with van der Waals surface area (Å²) in [4.78, 5) is 14.8. The van der Waals surface area contributed by atoms with Gasteiger partial charge in [0.1, 0.15) is 10.3 Å². The largest absolute Gasteiger partial charge is 0.367 e. The lowest BCUT2D eigenvalue weighted by molar-refractivity contribution is -0.0691. The number of amides is 1. The van der Waals surface area contributed by atoms with Crippen LogP contribution in [-0.4, -0.2) is 38.4 Å². The Morgan fingerprint density at radius 3 is 2.43 bits per heavy atom. The van der Waals surface area contributed by atoms with Gasteiger partial charge in [0.2, 0.25) is 0 Å². The molecule has 1 N–H and O–H groups in total. The number of rotatable bonds is 5. The van der Waals surface area contributed by atoms with E-state index in [0.29, 0.717) is 24.3 Å². The topological polar surface area (TPSA) is 75.7 Å². The molecule has 1 amide bonds. The van der Waals surface area contributed by atoms with Crippen molar-refractivity contribution in [3.63, 3.8) is 0 Å². The number of thiophene rings is 1. The van der Waals surface area contributed by atoms with Crippen molar-refractivity contribution in [3.8, 4) is 0 Å². The smallest absolute Gasteiger partial charge is 0.271 e. The summed E-state index contributed by atoms with van der Waals surface area (Å²) >= 11 is 1.15. The van der Waals surface area contributed by atoms with Crippen LogP contribution < -0.4 is 4.72 Å². The van der Waals surface area contributed by atoms with Gasteiger partial charge in [-0.3, -0.25) is 9.52 Å². The Labute approximate surface area is 180 Å². The number of carbonyl (C=O) groups is 1. The van der Waals surface area contributed by atoms with Crippen LogP contribution in [-0.2, 0) is 14.8 Å². The van der Waals surface area contributed by atoms with Gasteiger partial charge in [-0.1, -0.05) is 36.4 Å². The molecule has 2 heterocycles. The third kappa shape index (κ3) is 4.56. The van der Waals surface area contributed by atoms with Gasteiger partial charge >= 0.3 is 0 Å². The molecule has 0 radical (unpaired) electrons. The number of nitrogens with one attached hydrogen (secondary N) is 1. The summed E-state index contributed by atoms with van der Waals surface area (Å²) in [6.45, 7) is 2.94. The molecule has 2 atom stereocenters. The van der Waals surface area contributed by atoms with Crippen molar-refractivity contribution in [3.05, 3.63) is 83.2 Å². The molecule has 6 nitrogen and oxygen atoms in total. The van der Waals surface area contributed by atoms with Crippen molar-refractivity contribution in [2.24, 2.45) is 0 Å². The van der Waals surface area contributed by atoms with E-state index in [0.717, 1.165) is 16.9 Å². The second-order valence-corrected chi connectivity index (χ2v) is 10.0. The maximum Gasteiger partial charge on any atom is 0.271 e. The number of ether oxygens (including phenoxy) is 1. The summed E-state index contributed by atoms with van der Waals surface area (Å²) in [6, 6.07) is 19.6. The molecule has 1 aromatic heterocycles. The van der Waals surface area contributed by atoms with E-state index in [1.807, 2.05) is 37.3 Å². The van der Waals surface area contributed by atoms with Crippen molar-refractivity contribution < 1.29 is 17.9 Å². The van der Waals surface area contributed by atoms with Gasteiger partial charge in [-0.25, -0.2) is 8.42 Å². The lowest BCUT2D eigenvalue weighted by Gasteiger charge is -2.37. The second kappa shape index (κ2) is 8.59. The number of sulfonamides is 1. The molecule has 1 aliphatic heterocycles. The fourth-order valence-electron chi connectivity index (χ4n) is 3.45. The van der Waals surface area contributed by atoms with E-state index < -0.39 is 10.0 Å². The van der Waals surface area contributed by atoms with E-state index in [1.165, 1.54) is 0 Å². The highest BCUT2D eigenvalue weighted by molar-refractivity contribution is 7.94. The number of hydrogen-bond donors (Lipinski definition) is 1. The van der Waals surface area contributed by atoms with Gasteiger partial charge in [0.25, 0.3) is 15.9 Å². The molecular formula is C22H22N2O4S2. The highest BCUT2D eigenvalue weighted by Gasteiger charge is 2.30. The predicted octanol–water partition coefficient (Wildman–Crippen LogP) is 4.15. The molecule has 1 fully saturated rings. The molecule has 2 unspecified atom stereocenters. The molecule has 0 saturated carbocycles. The number of hydrogen-bond acceptors (Lipinski definition) is 5. The molecule has 2 aromatic carbocycles. The van der Waals surface area contributed by atoms with Crippen LogP contribution in [0.2, 0.25) is 0 Å². The summed E-state index contributed by atoms with van der Waals surface area (Å²) < 4.78 is 33.5. The van der Waals surface area contributed by atoms with Crippen molar-refractivity contribution >= 4 is 33.0 Å². The molecule has 30 heavy (non-hydrogen) atoms. The number of anilines is 1. The summed E-state index contributed by atoms with van der Waals surface area (Å²) in [5, 5.41) is 1.71. The number of benzene rings is 2. The Morgan fingerprint density at radius 1 is 1.03 bits per heavy atom. The standard InChI is InChI=1S/C22H22N2O4S2/c1-16-14-24(15-20(28-16)17-6-3-2-4-7-17)22(25)18-9-11-19(12-10-18)23-30(26,27)21-8-5-13-29-21/h2-13,16,20,23H,14-15H2,1H3. The summed E-state index contributed by atoms with van der Waals surface area (Å²) in [5.74, 6) is -0.0984. The molecule has 0 aliphatic carbocycles. The Balaban J connectivity index is 1.47. The lowest BCUT2D eigenvalue weighted by atomic mass is 10.1. The lowest BCUT2D eigenvalue weighted by Crippen LogP contribution is -2.45. The minimum atomic E-state index is -3.61. The van der Waals surface area contributed by atoms with Crippen LogP contribution in [0.3, 0.4) is 0 Å². The van der Waals surface area contributed by atoms with Crippen molar-refractivity contribution in [1.82, 2.24) is 4.90 Å². The molecule has 156 valence electrons. The first-order valence-corrected chi connectivity index (χ1v) is 11.9. The van der Waals surface area contributed by atoms with Gasteiger partial charge in [-0.05, 0) is 48.2 Å². The van der Waals surface area contributed by atoms with E-state index in [9.17, 15) is 13.2 Å². The number of nitrogens with zero attached hydrogens (tertiary/aromatic N) is 1. The number of carbonyl (C=O) groups excluding carboxylic acids is 1. The molecule has 1 saturated heterocycles. The van der Waals surface area contributed by atoms with Crippen LogP contribution in [0.25, 0.3) is 0 Å². The third-order valence-corrected chi connectivity index (χ3v) is 7.64. The number of morpholine rings is 1. The van der Waals surface area contributed by atoms with Gasteiger partial charge in [0.15, 0.2) is 0 Å². The first-order chi connectivity index (χ1) is 14.4. The van der Waals surface area contributed by atoms with Crippen molar-refractivity contribution in [1.29, 1.82) is 0 Å². The minimum absolute atomic E-state index is 0.0789. The monoisotopic (exact) mass is 442 g/mol. The van der Waals surface area contributed by atoms with Crippen LogP contribution in [0, 0.1) is 0 Å². The fraction of sp³-hybridized carbons (Fsp3) is 0.227. The van der Waals surface area contributed by atoms with E-state index in [-0.39, 0.29) is 22.3 Å². The summed E-state index contributed by atoms with van der Waals surface area (Å²) in [6.07, 6.45) is -0.249. The molecular weight excluding hydrogens is 420 g/mol. The fourth-order valence-corrected chi connectivity index (χ4v) is 5.51. The maximum atomic E-state index is 13.0. The molecule has 3 aromatic rings. The van der Waals surface area contributed by atoms with Gasteiger partial charge in [-0.2, -0.15) is 0 Å². The van der Waals surface area contributed by atoms with Crippen molar-refractivity contribution in [2.75, 3.05) is 17.8 Å². The average Bonchev–Trinajstić information content (AvgIpc) is 3.30. The molecule has 0 spiro atoms. The zero-order chi connectivity index (χ0) is 21.1. The Hall–Kier alpha value is -2.68. The van der Waals surface area contributed by atoms with Crippen LogP contribution in [0.1, 0.15) is 28.9 Å². The van der Waals surface area contributed by atoms with Gasteiger partial charge in [0, 0.05) is 17.8 Å². The summed E-state index contributed by atoms with van der Waals surface area (Å²) in [5.41, 5.74) is 1.97. The predicted molar refractivity (Wildman–Crippen MR) is 117 cm³/mol. The van der Waals surface area contributed by atoms with Gasteiger partial charge < -0.3 is 9.64 Å². The Kier molecular flexibility index (Phi) is 5.90. The highest BCUT2D eigenvalue weighted by atomic mass is 32.2. The highest BCUT2D eigenvalue weighted by Crippen LogP contribution is 2.26. The normalized spacial score (nSPS) is 19.4. The SMILES string of the molecule is CC1CN(C(=O)c2ccc(NS(=O)(=O)c3cccs3)cc2)CC(c2ccccc2)O1. The first kappa shape index (κ1) is 20.6. The minimum Gasteiger partial charge on any atom is -0.367 e. The van der Waals surface area contributed by atoms with Crippen LogP contribution in [0.5, 0.6) is 0 Å². The zero-order valence-corrected chi connectivity index (χ0v) is 18.0. The molecule has 4 rings (SSSR count). The van der Waals surface area contributed by atoms with E-state index in [4.69, 9.17) is 4.74 Å². The van der Waals surface area contributed by atoms with E-state index in [2.05, 4.69) is 4.72 Å². The van der Waals surface area contributed by atoms with Crippen LogP contribution >= 0.6 is 11.3 Å². The molecule has 0 bridgehead atoms. The average molecular weight is 443 g/mol. The third-order valence-electron chi connectivity index (χ3n) is 4.86. The zero-order valence-electron chi connectivity index (χ0n) is 16.4. The van der Waals surface area contributed by atoms with Crippen molar-refractivity contribution in [2.45, 2.75) is 23.3 Å². The Bertz CT molecular complexity index is 1100. The van der Waals surface area contributed by atoms with Crippen LogP contribution in [0.4, 0.5) is 5.69 Å². The summed E-state index contributed by atoms with van der Waals surface area (Å²) in [7, 11) is -3.61. The van der Waals surface area contributed by atoms with Crippen LogP contribution in [0.15, 0.2) is 76.3 Å². The second-order valence-electron chi connectivity index (χ2n) is 7.17. The molecule has 1 aliphatic rings. The van der Waals surface area contributed by atoms with Gasteiger partial charge in [0.05, 0.1) is 12.6 Å². The quantitative estimate of drug-likeness (QED) is 0.644. The van der Waals surface area contributed by atoms with Gasteiger partial charge in [-0.15, -0.1) is 11.3 Å². The maximum absolute atomic E-state index is 13.0.